The molecule has 0 bridgehead atoms. The number of fused-ring (bicyclic) bond motifs is 12. The SMILES string of the molecule is N#Cc1cc(C#N)cc(-c2ccc3c(c2)Cc2cc4ccc(-n5c6ccc(-n7c8ccccc8c8ccccc87)cc6c6cc(-n7c8ccccc8c8ccccc87)ccc65)cc4cc2C3)c1. The highest BCUT2D eigenvalue weighted by atomic mass is 15.0. The van der Waals surface area contributed by atoms with Crippen LogP contribution in [0.25, 0.3) is 104 Å². The van der Waals surface area contributed by atoms with Crippen molar-refractivity contribution in [3.63, 3.8) is 0 Å². The molecule has 0 N–H and O–H groups in total. The number of aromatic nitrogens is 3. The highest BCUT2D eigenvalue weighted by Gasteiger charge is 2.21. The Hall–Kier alpha value is -9.16. The second-order valence-corrected chi connectivity index (χ2v) is 18.0. The van der Waals surface area contributed by atoms with Gasteiger partial charge in [0, 0.05) is 49.4 Å². The normalized spacial score (nSPS) is 12.3. The minimum atomic E-state index is 0.497. The quantitative estimate of drug-likeness (QED) is 0.177. The summed E-state index contributed by atoms with van der Waals surface area (Å²) in [7, 11) is 0. The number of hydrogen-bond acceptors (Lipinski definition) is 2. The van der Waals surface area contributed by atoms with Crippen LogP contribution in [0.5, 0.6) is 0 Å². The van der Waals surface area contributed by atoms with Gasteiger partial charge < -0.3 is 13.7 Å². The van der Waals surface area contributed by atoms with Crippen molar-refractivity contribution in [1.29, 1.82) is 10.5 Å². The largest absolute Gasteiger partial charge is 0.309 e. The summed E-state index contributed by atoms with van der Waals surface area (Å²) < 4.78 is 7.28. The summed E-state index contributed by atoms with van der Waals surface area (Å²) in [6.07, 6.45) is 1.67. The Morgan fingerprint density at radius 1 is 0.299 bits per heavy atom. The molecule has 14 rings (SSSR count). The highest BCUT2D eigenvalue weighted by molar-refractivity contribution is 6.14. The van der Waals surface area contributed by atoms with Gasteiger partial charge in [-0.25, -0.2) is 0 Å². The molecule has 1 aliphatic carbocycles. The van der Waals surface area contributed by atoms with Gasteiger partial charge in [0.25, 0.3) is 0 Å². The molecular formula is C62H37N5. The monoisotopic (exact) mass is 851 g/mol. The number of benzene rings is 10. The standard InChI is InChI=1S/C62H37N5/c63-36-38-25-39(37-64)27-43(26-38)40-17-18-41-29-46-32-47-33-48(20-19-42(47)30-45(46)31-44(41)28-40)65-61-23-21-49(66-57-13-5-1-9-51(57)52-10-2-6-14-58(52)66)34-55(61)56-35-50(22-24-62(56)65)67-59-15-7-3-11-53(59)54-12-4-8-16-60(54)67/h1-28,30,32-35H,29,31H2. The van der Waals surface area contributed by atoms with Crippen molar-refractivity contribution in [2.45, 2.75) is 12.8 Å². The molecule has 0 saturated carbocycles. The lowest BCUT2D eigenvalue weighted by Crippen LogP contribution is -2.07. The maximum atomic E-state index is 9.62. The summed E-state index contributed by atoms with van der Waals surface area (Å²) in [5, 5.41) is 29.1. The van der Waals surface area contributed by atoms with Crippen LogP contribution in [-0.4, -0.2) is 13.7 Å². The third-order valence-corrected chi connectivity index (χ3v) is 14.3. The molecule has 0 saturated heterocycles. The molecule has 310 valence electrons. The van der Waals surface area contributed by atoms with E-state index in [-0.39, 0.29) is 0 Å². The number of nitriles is 2. The Balaban J connectivity index is 0.933. The second-order valence-electron chi connectivity index (χ2n) is 18.0. The molecule has 1 aliphatic rings. The Kier molecular flexibility index (Phi) is 7.88. The minimum Gasteiger partial charge on any atom is -0.309 e. The van der Waals surface area contributed by atoms with Crippen LogP contribution < -0.4 is 0 Å². The van der Waals surface area contributed by atoms with E-state index in [0.29, 0.717) is 11.1 Å². The lowest BCUT2D eigenvalue weighted by Gasteiger charge is -2.22. The smallest absolute Gasteiger partial charge is 0.0992 e. The van der Waals surface area contributed by atoms with Gasteiger partial charge in [0.1, 0.15) is 0 Å². The first-order valence-electron chi connectivity index (χ1n) is 22.8. The summed E-state index contributed by atoms with van der Waals surface area (Å²) >= 11 is 0. The van der Waals surface area contributed by atoms with Crippen LogP contribution in [0.2, 0.25) is 0 Å². The van der Waals surface area contributed by atoms with Crippen molar-refractivity contribution >= 4 is 76.2 Å². The Labute approximate surface area is 385 Å². The van der Waals surface area contributed by atoms with Gasteiger partial charge in [-0.3, -0.25) is 0 Å². The second kappa shape index (κ2) is 14.2. The van der Waals surface area contributed by atoms with E-state index in [4.69, 9.17) is 0 Å². The molecule has 0 aliphatic heterocycles. The van der Waals surface area contributed by atoms with Gasteiger partial charge in [0.15, 0.2) is 0 Å². The average molecular weight is 852 g/mol. The maximum Gasteiger partial charge on any atom is 0.0992 e. The highest BCUT2D eigenvalue weighted by Crippen LogP contribution is 2.41. The van der Waals surface area contributed by atoms with Crippen LogP contribution in [0.15, 0.2) is 200 Å². The van der Waals surface area contributed by atoms with E-state index >= 15 is 0 Å². The molecule has 0 spiro atoms. The molecular weight excluding hydrogens is 815 g/mol. The summed E-state index contributed by atoms with van der Waals surface area (Å²) in [4.78, 5) is 0. The van der Waals surface area contributed by atoms with E-state index in [1.165, 1.54) is 87.4 Å². The molecule has 10 aromatic carbocycles. The zero-order valence-electron chi connectivity index (χ0n) is 36.2. The van der Waals surface area contributed by atoms with Crippen LogP contribution in [0.3, 0.4) is 0 Å². The molecule has 5 nitrogen and oxygen atoms in total. The number of hydrogen-bond donors (Lipinski definition) is 0. The van der Waals surface area contributed by atoms with E-state index in [0.717, 1.165) is 52.1 Å². The molecule has 0 radical (unpaired) electrons. The van der Waals surface area contributed by atoms with E-state index in [9.17, 15) is 10.5 Å². The Morgan fingerprint density at radius 2 is 0.716 bits per heavy atom. The summed E-state index contributed by atoms with van der Waals surface area (Å²) in [5.41, 5.74) is 18.7. The van der Waals surface area contributed by atoms with Crippen LogP contribution in [-0.2, 0) is 12.8 Å². The van der Waals surface area contributed by atoms with Gasteiger partial charge >= 0.3 is 0 Å². The first-order valence-corrected chi connectivity index (χ1v) is 22.8. The molecule has 0 amide bonds. The first kappa shape index (κ1) is 37.2. The topological polar surface area (TPSA) is 62.4 Å². The zero-order valence-corrected chi connectivity index (χ0v) is 36.2. The van der Waals surface area contributed by atoms with Gasteiger partial charge in [-0.2, -0.15) is 10.5 Å². The molecule has 3 heterocycles. The zero-order chi connectivity index (χ0) is 44.3. The van der Waals surface area contributed by atoms with Crippen LogP contribution >= 0.6 is 0 Å². The first-order chi connectivity index (χ1) is 33.1. The maximum absolute atomic E-state index is 9.62. The fourth-order valence-corrected chi connectivity index (χ4v) is 11.3. The minimum absolute atomic E-state index is 0.497. The summed E-state index contributed by atoms with van der Waals surface area (Å²) in [6.45, 7) is 0. The van der Waals surface area contributed by atoms with Crippen molar-refractivity contribution in [2.75, 3.05) is 0 Å². The van der Waals surface area contributed by atoms with E-state index in [1.807, 2.05) is 12.1 Å². The molecule has 5 heteroatoms. The van der Waals surface area contributed by atoms with Crippen molar-refractivity contribution in [3.05, 3.63) is 234 Å². The third-order valence-electron chi connectivity index (χ3n) is 14.3. The van der Waals surface area contributed by atoms with E-state index < -0.39 is 0 Å². The van der Waals surface area contributed by atoms with Gasteiger partial charge in [-0.1, -0.05) is 109 Å². The van der Waals surface area contributed by atoms with Gasteiger partial charge in [0.05, 0.1) is 56.4 Å². The molecule has 0 atom stereocenters. The van der Waals surface area contributed by atoms with Crippen molar-refractivity contribution in [1.82, 2.24) is 13.7 Å². The Bertz CT molecular complexity index is 4060. The third kappa shape index (κ3) is 5.59. The van der Waals surface area contributed by atoms with Gasteiger partial charge in [-0.05, 0) is 148 Å². The fraction of sp³-hybridized carbons (Fsp3) is 0.0323. The van der Waals surface area contributed by atoms with Crippen LogP contribution in [0, 0.1) is 22.7 Å². The lowest BCUT2D eigenvalue weighted by atomic mass is 9.83. The molecule has 67 heavy (non-hydrogen) atoms. The summed E-state index contributed by atoms with van der Waals surface area (Å²) in [6, 6.07) is 77.0. The van der Waals surface area contributed by atoms with Gasteiger partial charge in [-0.15, -0.1) is 0 Å². The van der Waals surface area contributed by atoms with E-state index in [2.05, 4.69) is 208 Å². The van der Waals surface area contributed by atoms with Crippen molar-refractivity contribution in [3.8, 4) is 40.3 Å². The molecule has 3 aromatic heterocycles. The average Bonchev–Trinajstić information content (AvgIpc) is 4.02. The lowest BCUT2D eigenvalue weighted by molar-refractivity contribution is 1.01. The van der Waals surface area contributed by atoms with Gasteiger partial charge in [0.2, 0.25) is 0 Å². The Morgan fingerprint density at radius 3 is 1.22 bits per heavy atom. The molecule has 0 fully saturated rings. The van der Waals surface area contributed by atoms with Crippen LogP contribution in [0.4, 0.5) is 0 Å². The molecule has 13 aromatic rings. The number of rotatable bonds is 4. The summed E-state index contributed by atoms with van der Waals surface area (Å²) in [5.74, 6) is 0. The predicted octanol–water partition coefficient (Wildman–Crippen LogP) is 15.0. The fourth-order valence-electron chi connectivity index (χ4n) is 11.3. The van der Waals surface area contributed by atoms with Crippen LogP contribution in [0.1, 0.15) is 33.4 Å². The predicted molar refractivity (Wildman–Crippen MR) is 274 cm³/mol. The molecule has 0 unspecified atom stereocenters. The van der Waals surface area contributed by atoms with Crippen molar-refractivity contribution < 1.29 is 0 Å². The number of nitrogens with zero attached hydrogens (tertiary/aromatic N) is 5. The van der Waals surface area contributed by atoms with E-state index in [1.54, 1.807) is 6.07 Å². The van der Waals surface area contributed by atoms with Crippen molar-refractivity contribution in [2.24, 2.45) is 0 Å². The number of para-hydroxylation sites is 4.